The van der Waals surface area contributed by atoms with Gasteiger partial charge in [-0.2, -0.15) is 0 Å². The molecule has 0 spiro atoms. The fraction of sp³-hybridized carbons (Fsp3) is 0.833. The number of hydrogen-bond acceptors (Lipinski definition) is 3. The Morgan fingerprint density at radius 3 is 2.29 bits per heavy atom. The minimum atomic E-state index is -0.664. The molecule has 0 aliphatic heterocycles. The predicted octanol–water partition coefficient (Wildman–Crippen LogP) is 1.14. The zero-order chi connectivity index (χ0) is 12.8. The van der Waals surface area contributed by atoms with Crippen molar-refractivity contribution in [3.63, 3.8) is 0 Å². The van der Waals surface area contributed by atoms with E-state index in [1.54, 1.807) is 6.92 Å². The van der Waals surface area contributed by atoms with Gasteiger partial charge in [-0.1, -0.05) is 12.8 Å². The SMILES string of the molecule is CC(C)NC(=O)[C@@H](C)ONC(=O)C1CCCC1. The van der Waals surface area contributed by atoms with Crippen LogP contribution in [0.4, 0.5) is 0 Å². The number of carbonyl (C=O) groups excluding carboxylic acids is 2. The normalized spacial score (nSPS) is 18.1. The number of hydroxylamine groups is 1. The van der Waals surface area contributed by atoms with Crippen LogP contribution >= 0.6 is 0 Å². The van der Waals surface area contributed by atoms with Crippen LogP contribution in [0.3, 0.4) is 0 Å². The first-order valence-electron chi connectivity index (χ1n) is 6.26. The van der Waals surface area contributed by atoms with Crippen molar-refractivity contribution in [1.29, 1.82) is 0 Å². The molecule has 2 N–H and O–H groups in total. The van der Waals surface area contributed by atoms with Crippen LogP contribution in [-0.4, -0.2) is 24.0 Å². The van der Waals surface area contributed by atoms with E-state index in [0.717, 1.165) is 25.7 Å². The van der Waals surface area contributed by atoms with E-state index in [2.05, 4.69) is 10.8 Å². The number of rotatable bonds is 5. The molecule has 98 valence electrons. The summed E-state index contributed by atoms with van der Waals surface area (Å²) in [5, 5.41) is 2.72. The molecular weight excluding hydrogens is 220 g/mol. The van der Waals surface area contributed by atoms with Gasteiger partial charge in [0, 0.05) is 12.0 Å². The number of hydrogen-bond donors (Lipinski definition) is 2. The summed E-state index contributed by atoms with van der Waals surface area (Å²) in [4.78, 5) is 28.2. The van der Waals surface area contributed by atoms with Crippen molar-refractivity contribution in [2.24, 2.45) is 5.92 Å². The molecule has 1 atom stereocenters. The second-order valence-electron chi connectivity index (χ2n) is 4.87. The first kappa shape index (κ1) is 14.0. The lowest BCUT2D eigenvalue weighted by Gasteiger charge is -2.16. The minimum absolute atomic E-state index is 0.0513. The molecule has 0 heterocycles. The monoisotopic (exact) mass is 242 g/mol. The van der Waals surface area contributed by atoms with Gasteiger partial charge in [-0.15, -0.1) is 0 Å². The Kier molecular flexibility index (Phi) is 5.41. The van der Waals surface area contributed by atoms with Gasteiger partial charge in [0.15, 0.2) is 6.10 Å². The molecule has 2 amide bonds. The van der Waals surface area contributed by atoms with Crippen LogP contribution in [0.1, 0.15) is 46.5 Å². The fourth-order valence-electron chi connectivity index (χ4n) is 1.87. The van der Waals surface area contributed by atoms with Crippen LogP contribution in [0.15, 0.2) is 0 Å². The Bertz CT molecular complexity index is 273. The van der Waals surface area contributed by atoms with Crippen LogP contribution < -0.4 is 10.8 Å². The quantitative estimate of drug-likeness (QED) is 0.710. The first-order chi connectivity index (χ1) is 8.00. The molecule has 0 bridgehead atoms. The summed E-state index contributed by atoms with van der Waals surface area (Å²) in [6, 6.07) is 0.0686. The Hall–Kier alpha value is -1.10. The minimum Gasteiger partial charge on any atom is -0.352 e. The average molecular weight is 242 g/mol. The third-order valence-corrected chi connectivity index (χ3v) is 2.86. The predicted molar refractivity (Wildman–Crippen MR) is 63.9 cm³/mol. The smallest absolute Gasteiger partial charge is 0.251 e. The zero-order valence-corrected chi connectivity index (χ0v) is 10.8. The van der Waals surface area contributed by atoms with Gasteiger partial charge in [0.2, 0.25) is 5.91 Å². The second-order valence-corrected chi connectivity index (χ2v) is 4.87. The molecule has 1 aliphatic carbocycles. The van der Waals surface area contributed by atoms with Crippen LogP contribution in [0, 0.1) is 5.92 Å². The maximum Gasteiger partial charge on any atom is 0.251 e. The van der Waals surface area contributed by atoms with Gasteiger partial charge < -0.3 is 5.32 Å². The third kappa shape index (κ3) is 4.73. The van der Waals surface area contributed by atoms with Crippen molar-refractivity contribution in [2.45, 2.75) is 58.6 Å². The summed E-state index contributed by atoms with van der Waals surface area (Å²) in [5.74, 6) is -0.270. The molecule has 5 nitrogen and oxygen atoms in total. The van der Waals surface area contributed by atoms with E-state index < -0.39 is 6.10 Å². The molecule has 1 rings (SSSR count). The Morgan fingerprint density at radius 2 is 1.76 bits per heavy atom. The van der Waals surface area contributed by atoms with Crippen LogP contribution in [0.2, 0.25) is 0 Å². The highest BCUT2D eigenvalue weighted by Gasteiger charge is 2.24. The van der Waals surface area contributed by atoms with E-state index in [1.807, 2.05) is 13.8 Å². The van der Waals surface area contributed by atoms with Gasteiger partial charge in [-0.3, -0.25) is 14.4 Å². The molecular formula is C12H22N2O3. The summed E-state index contributed by atoms with van der Waals surface area (Å²) in [6.07, 6.45) is 3.37. The van der Waals surface area contributed by atoms with E-state index in [9.17, 15) is 9.59 Å². The standard InChI is InChI=1S/C12H22N2O3/c1-8(2)13-11(15)9(3)17-14-12(16)10-6-4-5-7-10/h8-10H,4-7H2,1-3H3,(H,13,15)(H,14,16)/t9-/m1/s1. The van der Waals surface area contributed by atoms with E-state index in [4.69, 9.17) is 4.84 Å². The maximum absolute atomic E-state index is 11.6. The summed E-state index contributed by atoms with van der Waals surface area (Å²) in [6.45, 7) is 5.37. The summed E-state index contributed by atoms with van der Waals surface area (Å²) >= 11 is 0. The van der Waals surface area contributed by atoms with E-state index in [0.29, 0.717) is 0 Å². The molecule has 0 radical (unpaired) electrons. The van der Waals surface area contributed by atoms with Crippen molar-refractivity contribution in [1.82, 2.24) is 10.8 Å². The molecule has 1 fully saturated rings. The zero-order valence-electron chi connectivity index (χ0n) is 10.8. The van der Waals surface area contributed by atoms with Gasteiger partial charge >= 0.3 is 0 Å². The Morgan fingerprint density at radius 1 is 1.18 bits per heavy atom. The third-order valence-electron chi connectivity index (χ3n) is 2.86. The highest BCUT2D eigenvalue weighted by molar-refractivity contribution is 5.81. The number of amides is 2. The summed E-state index contributed by atoms with van der Waals surface area (Å²) < 4.78 is 0. The lowest BCUT2D eigenvalue weighted by atomic mass is 10.1. The number of nitrogens with one attached hydrogen (secondary N) is 2. The molecule has 1 aliphatic rings. The summed E-state index contributed by atoms with van der Waals surface area (Å²) in [5.41, 5.74) is 2.38. The highest BCUT2D eigenvalue weighted by Crippen LogP contribution is 2.24. The van der Waals surface area contributed by atoms with Crippen molar-refractivity contribution in [2.75, 3.05) is 0 Å². The molecule has 17 heavy (non-hydrogen) atoms. The molecule has 0 aromatic heterocycles. The fourth-order valence-corrected chi connectivity index (χ4v) is 1.87. The van der Waals surface area contributed by atoms with Gasteiger partial charge in [0.25, 0.3) is 5.91 Å². The van der Waals surface area contributed by atoms with E-state index in [-0.39, 0.29) is 23.8 Å². The van der Waals surface area contributed by atoms with E-state index >= 15 is 0 Å². The lowest BCUT2D eigenvalue weighted by Crippen LogP contribution is -2.42. The van der Waals surface area contributed by atoms with Crippen molar-refractivity contribution in [3.05, 3.63) is 0 Å². The van der Waals surface area contributed by atoms with Gasteiger partial charge in [-0.25, -0.2) is 5.48 Å². The molecule has 0 saturated heterocycles. The largest absolute Gasteiger partial charge is 0.352 e. The van der Waals surface area contributed by atoms with Crippen molar-refractivity contribution >= 4 is 11.8 Å². The average Bonchev–Trinajstić information content (AvgIpc) is 2.77. The number of carbonyl (C=O) groups is 2. The first-order valence-corrected chi connectivity index (χ1v) is 6.26. The maximum atomic E-state index is 11.6. The topological polar surface area (TPSA) is 67.4 Å². The van der Waals surface area contributed by atoms with Crippen molar-refractivity contribution < 1.29 is 14.4 Å². The summed E-state index contributed by atoms with van der Waals surface area (Å²) in [7, 11) is 0. The van der Waals surface area contributed by atoms with E-state index in [1.165, 1.54) is 0 Å². The van der Waals surface area contributed by atoms with Gasteiger partial charge in [0.05, 0.1) is 0 Å². The van der Waals surface area contributed by atoms with Crippen LogP contribution in [0.5, 0.6) is 0 Å². The van der Waals surface area contributed by atoms with Gasteiger partial charge in [-0.05, 0) is 33.6 Å². The van der Waals surface area contributed by atoms with Gasteiger partial charge in [0.1, 0.15) is 0 Å². The Balaban J connectivity index is 2.24. The molecule has 0 aromatic carbocycles. The highest BCUT2D eigenvalue weighted by atomic mass is 16.7. The lowest BCUT2D eigenvalue weighted by molar-refractivity contribution is -0.149. The second kappa shape index (κ2) is 6.59. The molecule has 0 unspecified atom stereocenters. The van der Waals surface area contributed by atoms with Crippen LogP contribution in [-0.2, 0) is 14.4 Å². The molecule has 1 saturated carbocycles. The molecule has 5 heteroatoms. The molecule has 0 aromatic rings. The van der Waals surface area contributed by atoms with Crippen molar-refractivity contribution in [3.8, 4) is 0 Å². The van der Waals surface area contributed by atoms with Crippen LogP contribution in [0.25, 0.3) is 0 Å². The Labute approximate surface area is 102 Å².